The zero-order chi connectivity index (χ0) is 12.1. The number of rotatable bonds is 5. The molecule has 2 rings (SSSR count). The first-order valence-electron chi connectivity index (χ1n) is 5.86. The Kier molecular flexibility index (Phi) is 3.75. The van der Waals surface area contributed by atoms with Gasteiger partial charge in [-0.25, -0.2) is 0 Å². The average Bonchev–Trinajstić information content (AvgIpc) is 2.83. The number of benzene rings is 1. The Hall–Kier alpha value is -1.84. The Morgan fingerprint density at radius 3 is 2.59 bits per heavy atom. The lowest BCUT2D eigenvalue weighted by Gasteiger charge is -2.08. The standard InChI is InChI=1S/C13H17N3O/c1-10(2)7-8-14-12-5-3-11(4-6-12)13-16-15-9-17-13/h3-6,9-10,14H,7-8H2,1-2H3. The highest BCUT2D eigenvalue weighted by Crippen LogP contribution is 2.18. The Labute approximate surface area is 101 Å². The van der Waals surface area contributed by atoms with Crippen LogP contribution in [0.2, 0.25) is 0 Å². The summed E-state index contributed by atoms with van der Waals surface area (Å²) in [6.45, 7) is 5.44. The van der Waals surface area contributed by atoms with Crippen molar-refractivity contribution >= 4 is 5.69 Å². The Bertz CT molecular complexity index is 434. The molecule has 4 heteroatoms. The Morgan fingerprint density at radius 2 is 2.00 bits per heavy atom. The van der Waals surface area contributed by atoms with Gasteiger partial charge >= 0.3 is 0 Å². The van der Waals surface area contributed by atoms with Crippen molar-refractivity contribution < 1.29 is 4.42 Å². The molecule has 0 amide bonds. The van der Waals surface area contributed by atoms with Gasteiger partial charge in [-0.1, -0.05) is 13.8 Å². The van der Waals surface area contributed by atoms with E-state index in [2.05, 4.69) is 29.4 Å². The normalized spacial score (nSPS) is 10.8. The zero-order valence-electron chi connectivity index (χ0n) is 10.2. The molecule has 0 aliphatic carbocycles. The summed E-state index contributed by atoms with van der Waals surface area (Å²) in [4.78, 5) is 0. The van der Waals surface area contributed by atoms with Gasteiger partial charge in [-0.2, -0.15) is 0 Å². The summed E-state index contributed by atoms with van der Waals surface area (Å²) in [6.07, 6.45) is 2.51. The van der Waals surface area contributed by atoms with Crippen LogP contribution in [0.5, 0.6) is 0 Å². The van der Waals surface area contributed by atoms with Crippen molar-refractivity contribution in [3.05, 3.63) is 30.7 Å². The van der Waals surface area contributed by atoms with Gasteiger partial charge in [-0.15, -0.1) is 10.2 Å². The second-order valence-corrected chi connectivity index (χ2v) is 4.43. The van der Waals surface area contributed by atoms with Gasteiger partial charge in [0, 0.05) is 17.8 Å². The molecule has 0 spiro atoms. The van der Waals surface area contributed by atoms with Crippen LogP contribution in [0.25, 0.3) is 11.5 Å². The first kappa shape index (κ1) is 11.6. The summed E-state index contributed by atoms with van der Waals surface area (Å²) in [5.41, 5.74) is 2.06. The molecule has 0 fully saturated rings. The molecule has 0 aliphatic heterocycles. The van der Waals surface area contributed by atoms with Crippen molar-refractivity contribution in [1.29, 1.82) is 0 Å². The van der Waals surface area contributed by atoms with Crippen LogP contribution in [-0.4, -0.2) is 16.7 Å². The van der Waals surface area contributed by atoms with Crippen molar-refractivity contribution in [3.8, 4) is 11.5 Å². The van der Waals surface area contributed by atoms with Gasteiger partial charge in [-0.05, 0) is 36.6 Å². The quantitative estimate of drug-likeness (QED) is 0.858. The van der Waals surface area contributed by atoms with E-state index < -0.39 is 0 Å². The van der Waals surface area contributed by atoms with Crippen molar-refractivity contribution in [3.63, 3.8) is 0 Å². The third-order valence-electron chi connectivity index (χ3n) is 2.54. The minimum absolute atomic E-state index is 0.554. The van der Waals surface area contributed by atoms with Crippen molar-refractivity contribution in [2.75, 3.05) is 11.9 Å². The van der Waals surface area contributed by atoms with Crippen LogP contribution >= 0.6 is 0 Å². The van der Waals surface area contributed by atoms with Gasteiger partial charge in [0.15, 0.2) is 0 Å². The van der Waals surface area contributed by atoms with E-state index in [4.69, 9.17) is 4.42 Å². The SMILES string of the molecule is CC(C)CCNc1ccc(-c2nnco2)cc1. The third-order valence-corrected chi connectivity index (χ3v) is 2.54. The predicted molar refractivity (Wildman–Crippen MR) is 67.7 cm³/mol. The maximum absolute atomic E-state index is 5.13. The van der Waals surface area contributed by atoms with Crippen LogP contribution in [-0.2, 0) is 0 Å². The lowest BCUT2D eigenvalue weighted by Crippen LogP contribution is -2.04. The second-order valence-electron chi connectivity index (χ2n) is 4.43. The van der Waals surface area contributed by atoms with Crippen LogP contribution in [0.4, 0.5) is 5.69 Å². The summed E-state index contributed by atoms with van der Waals surface area (Å²) in [6, 6.07) is 8.01. The number of nitrogens with zero attached hydrogens (tertiary/aromatic N) is 2. The van der Waals surface area contributed by atoms with Crippen molar-refractivity contribution in [1.82, 2.24) is 10.2 Å². The topological polar surface area (TPSA) is 51.0 Å². The average molecular weight is 231 g/mol. The highest BCUT2D eigenvalue weighted by Gasteiger charge is 2.02. The highest BCUT2D eigenvalue weighted by molar-refractivity contribution is 5.57. The van der Waals surface area contributed by atoms with E-state index in [9.17, 15) is 0 Å². The highest BCUT2D eigenvalue weighted by atomic mass is 16.4. The molecule has 90 valence electrons. The minimum Gasteiger partial charge on any atom is -0.423 e. The van der Waals surface area contributed by atoms with Gasteiger partial charge in [-0.3, -0.25) is 0 Å². The zero-order valence-corrected chi connectivity index (χ0v) is 10.2. The molecule has 2 aromatic rings. The molecule has 0 radical (unpaired) electrons. The van der Waals surface area contributed by atoms with Crippen molar-refractivity contribution in [2.24, 2.45) is 5.92 Å². The minimum atomic E-state index is 0.554. The maximum Gasteiger partial charge on any atom is 0.247 e. The predicted octanol–water partition coefficient (Wildman–Crippen LogP) is 3.19. The van der Waals surface area contributed by atoms with Crippen LogP contribution < -0.4 is 5.32 Å². The Balaban J connectivity index is 1.94. The molecule has 1 heterocycles. The van der Waals surface area contributed by atoms with E-state index in [1.807, 2.05) is 24.3 Å². The number of hydrogen-bond acceptors (Lipinski definition) is 4. The molecule has 0 saturated carbocycles. The summed E-state index contributed by atoms with van der Waals surface area (Å²) >= 11 is 0. The number of aromatic nitrogens is 2. The van der Waals surface area contributed by atoms with Gasteiger partial charge in [0.2, 0.25) is 12.3 Å². The number of nitrogens with one attached hydrogen (secondary N) is 1. The number of anilines is 1. The molecule has 0 atom stereocenters. The lowest BCUT2D eigenvalue weighted by molar-refractivity contribution is 0.568. The van der Waals surface area contributed by atoms with E-state index in [1.54, 1.807) is 0 Å². The van der Waals surface area contributed by atoms with Crippen LogP contribution in [0.1, 0.15) is 20.3 Å². The molecule has 0 unspecified atom stereocenters. The van der Waals surface area contributed by atoms with E-state index in [0.29, 0.717) is 5.89 Å². The molecule has 1 aromatic heterocycles. The Morgan fingerprint density at radius 1 is 1.24 bits per heavy atom. The largest absolute Gasteiger partial charge is 0.423 e. The maximum atomic E-state index is 5.13. The molecule has 1 N–H and O–H groups in total. The fraction of sp³-hybridized carbons (Fsp3) is 0.385. The summed E-state index contributed by atoms with van der Waals surface area (Å²) in [5.74, 6) is 1.28. The first-order valence-corrected chi connectivity index (χ1v) is 5.86. The monoisotopic (exact) mass is 231 g/mol. The first-order chi connectivity index (χ1) is 8.25. The molecule has 0 bridgehead atoms. The van der Waals surface area contributed by atoms with Gasteiger partial charge < -0.3 is 9.73 Å². The fourth-order valence-electron chi connectivity index (χ4n) is 1.53. The number of hydrogen-bond donors (Lipinski definition) is 1. The van der Waals surface area contributed by atoms with E-state index in [0.717, 1.165) is 23.7 Å². The third kappa shape index (κ3) is 3.31. The van der Waals surface area contributed by atoms with Gasteiger partial charge in [0.25, 0.3) is 0 Å². The van der Waals surface area contributed by atoms with Crippen LogP contribution in [0.3, 0.4) is 0 Å². The molecular formula is C13H17N3O. The van der Waals surface area contributed by atoms with Gasteiger partial charge in [0.1, 0.15) is 0 Å². The molecule has 17 heavy (non-hydrogen) atoms. The molecule has 0 aliphatic rings. The smallest absolute Gasteiger partial charge is 0.247 e. The lowest BCUT2D eigenvalue weighted by atomic mass is 10.1. The van der Waals surface area contributed by atoms with Crippen LogP contribution in [0.15, 0.2) is 35.1 Å². The van der Waals surface area contributed by atoms with E-state index in [1.165, 1.54) is 12.8 Å². The summed E-state index contributed by atoms with van der Waals surface area (Å²) in [7, 11) is 0. The fourth-order valence-corrected chi connectivity index (χ4v) is 1.53. The van der Waals surface area contributed by atoms with E-state index in [-0.39, 0.29) is 0 Å². The molecule has 1 aromatic carbocycles. The van der Waals surface area contributed by atoms with E-state index >= 15 is 0 Å². The van der Waals surface area contributed by atoms with Gasteiger partial charge in [0.05, 0.1) is 0 Å². The molecular weight excluding hydrogens is 214 g/mol. The molecule has 4 nitrogen and oxygen atoms in total. The summed E-state index contributed by atoms with van der Waals surface area (Å²) < 4.78 is 5.13. The second kappa shape index (κ2) is 5.48. The van der Waals surface area contributed by atoms with Crippen molar-refractivity contribution in [2.45, 2.75) is 20.3 Å². The summed E-state index contributed by atoms with van der Waals surface area (Å²) in [5, 5.41) is 10.9. The van der Waals surface area contributed by atoms with Crippen LogP contribution in [0, 0.1) is 5.92 Å². The molecule has 0 saturated heterocycles.